The minimum absolute atomic E-state index is 0.0132. The van der Waals surface area contributed by atoms with E-state index < -0.39 is 29.6 Å². The fourth-order valence-corrected chi connectivity index (χ4v) is 2.29. The van der Waals surface area contributed by atoms with Gasteiger partial charge in [0.25, 0.3) is 0 Å². The van der Waals surface area contributed by atoms with Crippen LogP contribution < -0.4 is 10.7 Å². The molecule has 0 aliphatic heterocycles. The average Bonchev–Trinajstić information content (AvgIpc) is 2.64. The summed E-state index contributed by atoms with van der Waals surface area (Å²) in [5, 5.41) is 22.3. The third-order valence-corrected chi connectivity index (χ3v) is 3.46. The number of aromatic nitrogens is 2. The Morgan fingerprint density at radius 1 is 1.20 bits per heavy atom. The second-order valence-corrected chi connectivity index (χ2v) is 5.15. The fourth-order valence-electron chi connectivity index (χ4n) is 2.29. The highest BCUT2D eigenvalue weighted by molar-refractivity contribution is 5.42. The van der Waals surface area contributed by atoms with Gasteiger partial charge in [0, 0.05) is 18.5 Å². The number of aromatic hydroxyl groups is 1. The predicted molar refractivity (Wildman–Crippen MR) is 86.5 cm³/mol. The maximum absolute atomic E-state index is 13.2. The van der Waals surface area contributed by atoms with Crippen LogP contribution in [0.15, 0.2) is 58.0 Å². The zero-order valence-corrected chi connectivity index (χ0v) is 12.9. The van der Waals surface area contributed by atoms with E-state index in [0.717, 1.165) is 6.07 Å². The number of nitrogens with one attached hydrogen (secondary N) is 1. The summed E-state index contributed by atoms with van der Waals surface area (Å²) >= 11 is 0. The van der Waals surface area contributed by atoms with E-state index >= 15 is 0 Å². The van der Waals surface area contributed by atoms with Crippen molar-refractivity contribution in [3.8, 4) is 5.75 Å². The van der Waals surface area contributed by atoms with Gasteiger partial charge in [0.1, 0.15) is 24.2 Å². The van der Waals surface area contributed by atoms with Crippen LogP contribution in [-0.4, -0.2) is 20.2 Å². The molecule has 3 aromatic rings. The van der Waals surface area contributed by atoms with Gasteiger partial charge in [0.2, 0.25) is 17.1 Å². The lowest BCUT2D eigenvalue weighted by Crippen LogP contribution is -2.17. The SMILES string of the molecule is O=c1cc(CO)oc([C@@H](Nc2ncccn2)c2ccc(F)cc2)c1O. The largest absolute Gasteiger partial charge is 0.502 e. The highest BCUT2D eigenvalue weighted by Gasteiger charge is 2.24. The first kappa shape index (κ1) is 16.6. The van der Waals surface area contributed by atoms with Crippen molar-refractivity contribution in [1.29, 1.82) is 0 Å². The van der Waals surface area contributed by atoms with E-state index in [4.69, 9.17) is 4.42 Å². The molecule has 1 atom stereocenters. The lowest BCUT2D eigenvalue weighted by atomic mass is 10.0. The molecule has 0 amide bonds. The first-order chi connectivity index (χ1) is 12.1. The number of hydrogen-bond donors (Lipinski definition) is 3. The van der Waals surface area contributed by atoms with Gasteiger partial charge in [-0.2, -0.15) is 0 Å². The summed E-state index contributed by atoms with van der Waals surface area (Å²) in [6, 6.07) is 7.17. The van der Waals surface area contributed by atoms with Gasteiger partial charge in [0.05, 0.1) is 0 Å². The van der Waals surface area contributed by atoms with Crippen LogP contribution in [0.25, 0.3) is 0 Å². The van der Waals surface area contributed by atoms with E-state index in [2.05, 4.69) is 15.3 Å². The van der Waals surface area contributed by atoms with E-state index in [1.807, 2.05) is 0 Å². The van der Waals surface area contributed by atoms with Crippen molar-refractivity contribution in [2.24, 2.45) is 0 Å². The van der Waals surface area contributed by atoms with E-state index in [0.29, 0.717) is 5.56 Å². The van der Waals surface area contributed by atoms with Crippen LogP contribution in [0.4, 0.5) is 10.3 Å². The Hall–Kier alpha value is -3.26. The second-order valence-electron chi connectivity index (χ2n) is 5.15. The van der Waals surface area contributed by atoms with E-state index in [1.54, 1.807) is 6.07 Å². The van der Waals surface area contributed by atoms with Crippen molar-refractivity contribution in [3.05, 3.63) is 81.9 Å². The molecule has 0 bridgehead atoms. The standard InChI is InChI=1S/C17H14FN3O4/c18-11-4-2-10(3-5-11)14(21-17-19-6-1-7-20-17)16-15(24)13(23)8-12(9-22)25-16/h1-8,14,22,24H,9H2,(H,19,20,21)/t14-/m0/s1. The van der Waals surface area contributed by atoms with E-state index in [9.17, 15) is 19.4 Å². The molecule has 3 rings (SSSR count). The molecule has 0 fully saturated rings. The third kappa shape index (κ3) is 3.64. The smallest absolute Gasteiger partial charge is 0.227 e. The van der Waals surface area contributed by atoms with Crippen LogP contribution in [-0.2, 0) is 6.61 Å². The number of aliphatic hydroxyl groups is 1. The number of benzene rings is 1. The van der Waals surface area contributed by atoms with Gasteiger partial charge in [-0.05, 0) is 23.8 Å². The molecule has 0 aliphatic carbocycles. The molecule has 2 heterocycles. The summed E-state index contributed by atoms with van der Waals surface area (Å²) in [4.78, 5) is 20.0. The number of aliphatic hydroxyl groups excluding tert-OH is 1. The molecule has 1 aromatic carbocycles. The molecule has 0 radical (unpaired) electrons. The first-order valence-electron chi connectivity index (χ1n) is 7.34. The van der Waals surface area contributed by atoms with Gasteiger partial charge < -0.3 is 19.9 Å². The number of nitrogens with zero attached hydrogens (tertiary/aromatic N) is 2. The van der Waals surface area contributed by atoms with Crippen molar-refractivity contribution >= 4 is 5.95 Å². The van der Waals surface area contributed by atoms with Gasteiger partial charge in [-0.15, -0.1) is 0 Å². The molecule has 25 heavy (non-hydrogen) atoms. The lowest BCUT2D eigenvalue weighted by molar-refractivity contribution is 0.234. The van der Waals surface area contributed by atoms with Crippen LogP contribution in [0.3, 0.4) is 0 Å². The fraction of sp³-hybridized carbons (Fsp3) is 0.118. The summed E-state index contributed by atoms with van der Waals surface area (Å²) in [7, 11) is 0. The molecular formula is C17H14FN3O4. The summed E-state index contributed by atoms with van der Waals surface area (Å²) in [6.07, 6.45) is 3.02. The zero-order valence-electron chi connectivity index (χ0n) is 12.9. The Morgan fingerprint density at radius 3 is 2.52 bits per heavy atom. The Kier molecular flexibility index (Phi) is 4.71. The predicted octanol–water partition coefficient (Wildman–Crippen LogP) is 1.97. The summed E-state index contributed by atoms with van der Waals surface area (Å²) in [5.41, 5.74) is -0.199. The molecule has 2 aromatic heterocycles. The quantitative estimate of drug-likeness (QED) is 0.650. The number of anilines is 1. The molecule has 0 aliphatic rings. The Labute approximate surface area is 141 Å². The second kappa shape index (κ2) is 7.10. The van der Waals surface area contributed by atoms with Crippen LogP contribution >= 0.6 is 0 Å². The van der Waals surface area contributed by atoms with Gasteiger partial charge >= 0.3 is 0 Å². The summed E-state index contributed by atoms with van der Waals surface area (Å²) < 4.78 is 18.7. The minimum Gasteiger partial charge on any atom is -0.502 e. The van der Waals surface area contributed by atoms with Crippen LogP contribution in [0.1, 0.15) is 23.1 Å². The van der Waals surface area contributed by atoms with Crippen molar-refractivity contribution < 1.29 is 19.0 Å². The number of halogens is 1. The molecule has 0 unspecified atom stereocenters. The maximum atomic E-state index is 13.2. The van der Waals surface area contributed by atoms with Gasteiger partial charge in [-0.25, -0.2) is 14.4 Å². The molecule has 8 heteroatoms. The third-order valence-electron chi connectivity index (χ3n) is 3.46. The monoisotopic (exact) mass is 343 g/mol. The molecular weight excluding hydrogens is 329 g/mol. The molecule has 0 saturated heterocycles. The normalized spacial score (nSPS) is 11.9. The van der Waals surface area contributed by atoms with Gasteiger partial charge in [-0.3, -0.25) is 4.79 Å². The molecule has 3 N–H and O–H groups in total. The van der Waals surface area contributed by atoms with Crippen molar-refractivity contribution in [2.75, 3.05) is 5.32 Å². The van der Waals surface area contributed by atoms with E-state index in [-0.39, 0.29) is 17.5 Å². The van der Waals surface area contributed by atoms with E-state index in [1.165, 1.54) is 36.7 Å². The minimum atomic E-state index is -0.873. The Balaban J connectivity index is 2.12. The van der Waals surface area contributed by atoms with Gasteiger partial charge in [-0.1, -0.05) is 12.1 Å². The first-order valence-corrected chi connectivity index (χ1v) is 7.34. The molecule has 0 saturated carbocycles. The number of hydrogen-bond acceptors (Lipinski definition) is 7. The van der Waals surface area contributed by atoms with Crippen molar-refractivity contribution in [3.63, 3.8) is 0 Å². The molecule has 128 valence electrons. The molecule has 7 nitrogen and oxygen atoms in total. The highest BCUT2D eigenvalue weighted by atomic mass is 19.1. The molecule has 0 spiro atoms. The van der Waals surface area contributed by atoms with Crippen LogP contribution in [0.5, 0.6) is 5.75 Å². The average molecular weight is 343 g/mol. The van der Waals surface area contributed by atoms with Crippen LogP contribution in [0, 0.1) is 5.82 Å². The number of rotatable bonds is 5. The Morgan fingerprint density at radius 2 is 1.88 bits per heavy atom. The van der Waals surface area contributed by atoms with Crippen molar-refractivity contribution in [2.45, 2.75) is 12.6 Å². The van der Waals surface area contributed by atoms with Crippen molar-refractivity contribution in [1.82, 2.24) is 9.97 Å². The Bertz CT molecular complexity index is 913. The highest BCUT2D eigenvalue weighted by Crippen LogP contribution is 2.30. The summed E-state index contributed by atoms with van der Waals surface area (Å²) in [5.74, 6) is -0.979. The lowest BCUT2D eigenvalue weighted by Gasteiger charge is -2.19. The van der Waals surface area contributed by atoms with Gasteiger partial charge in [0.15, 0.2) is 5.76 Å². The maximum Gasteiger partial charge on any atom is 0.227 e. The summed E-state index contributed by atoms with van der Waals surface area (Å²) in [6.45, 7) is -0.513. The topological polar surface area (TPSA) is 108 Å². The van der Waals surface area contributed by atoms with Crippen LogP contribution in [0.2, 0.25) is 0 Å². The zero-order chi connectivity index (χ0) is 17.8.